The minimum Gasteiger partial charge on any atom is -0.275 e. The Morgan fingerprint density at radius 3 is 2.11 bits per heavy atom. The van der Waals surface area contributed by atoms with Gasteiger partial charge in [-0.2, -0.15) is 30.6 Å². The Balaban J connectivity index is 2.52. The molecule has 0 aliphatic rings. The molecule has 0 saturated heterocycles. The largest absolute Gasteiger partial charge is 0.416 e. The number of halogens is 6. The lowest BCUT2D eigenvalue weighted by Gasteiger charge is -2.29. The molecule has 2 rings (SSSR count). The highest BCUT2D eigenvalue weighted by atomic mass is 32.2. The maximum absolute atomic E-state index is 13.6. The van der Waals surface area contributed by atoms with Crippen LogP contribution in [-0.4, -0.2) is 30.9 Å². The Bertz CT molecular complexity index is 995. The molecular weight excluding hydrogens is 412 g/mol. The van der Waals surface area contributed by atoms with Crippen LogP contribution < -0.4 is 0 Å². The van der Waals surface area contributed by atoms with Crippen molar-refractivity contribution in [2.24, 2.45) is 0 Å². The molecule has 0 amide bonds. The fraction of sp³-hybridized carbons (Fsp3) is 0.250. The molecule has 1 atom stereocenters. The van der Waals surface area contributed by atoms with Crippen molar-refractivity contribution in [3.8, 4) is 0 Å². The van der Waals surface area contributed by atoms with Crippen LogP contribution in [0.2, 0.25) is 0 Å². The van der Waals surface area contributed by atoms with Crippen molar-refractivity contribution in [1.82, 2.24) is 9.29 Å². The Hall–Kier alpha value is -2.65. The first kappa shape index (κ1) is 21.6. The molecule has 1 aromatic carbocycles. The average molecular weight is 423 g/mol. The van der Waals surface area contributed by atoms with Crippen LogP contribution in [0.3, 0.4) is 0 Å². The van der Waals surface area contributed by atoms with Gasteiger partial charge in [-0.3, -0.25) is 4.98 Å². The van der Waals surface area contributed by atoms with Crippen molar-refractivity contribution < 1.29 is 34.8 Å². The van der Waals surface area contributed by atoms with E-state index in [4.69, 9.17) is 6.57 Å². The molecule has 0 radical (unpaired) electrons. The number of benzene rings is 1. The van der Waals surface area contributed by atoms with E-state index < -0.39 is 44.4 Å². The predicted octanol–water partition coefficient (Wildman–Crippen LogP) is 4.58. The van der Waals surface area contributed by atoms with E-state index in [0.29, 0.717) is 31.3 Å². The third-order valence-corrected chi connectivity index (χ3v) is 5.52. The molecule has 0 spiro atoms. The van der Waals surface area contributed by atoms with E-state index in [0.717, 1.165) is 18.5 Å². The first-order valence-electron chi connectivity index (χ1n) is 7.33. The monoisotopic (exact) mass is 423 g/mol. The van der Waals surface area contributed by atoms with Crippen LogP contribution in [0.15, 0.2) is 47.6 Å². The van der Waals surface area contributed by atoms with Crippen LogP contribution >= 0.6 is 0 Å². The van der Waals surface area contributed by atoms with E-state index in [-0.39, 0.29) is 9.99 Å². The highest BCUT2D eigenvalue weighted by Gasteiger charge is 2.48. The minimum absolute atomic E-state index is 0.0136. The third-order valence-electron chi connectivity index (χ3n) is 3.73. The second-order valence-electron chi connectivity index (χ2n) is 5.58. The van der Waals surface area contributed by atoms with Crippen LogP contribution in [0.1, 0.15) is 17.2 Å². The molecule has 1 heterocycles. The number of alkyl halides is 6. The van der Waals surface area contributed by atoms with E-state index in [2.05, 4.69) is 9.83 Å². The predicted molar refractivity (Wildman–Crippen MR) is 85.7 cm³/mol. The molecule has 5 nitrogen and oxygen atoms in total. The van der Waals surface area contributed by atoms with Crippen molar-refractivity contribution in [1.29, 1.82) is 0 Å². The third kappa shape index (κ3) is 4.42. The standard InChI is InChI=1S/C16H11F6N3O2S/c1-23-12-7-13(9-24-8-12)28(26,27)25(2)14(16(20,21)22)10-3-5-11(6-4-10)15(17,18)19/h3-9,14H,2H3/t14-/m0/s1. The topological polar surface area (TPSA) is 54.6 Å². The van der Waals surface area contributed by atoms with Gasteiger partial charge in [-0.15, -0.1) is 0 Å². The van der Waals surface area contributed by atoms with Crippen LogP contribution in [0, 0.1) is 6.57 Å². The number of sulfonamides is 1. The van der Waals surface area contributed by atoms with Gasteiger partial charge in [0, 0.05) is 19.4 Å². The van der Waals surface area contributed by atoms with Gasteiger partial charge in [-0.05, 0) is 23.8 Å². The van der Waals surface area contributed by atoms with Gasteiger partial charge in [0.15, 0.2) is 0 Å². The summed E-state index contributed by atoms with van der Waals surface area (Å²) in [5, 5.41) is 0. The van der Waals surface area contributed by atoms with Crippen LogP contribution in [-0.2, 0) is 16.2 Å². The van der Waals surface area contributed by atoms with Gasteiger partial charge in [-0.1, -0.05) is 12.1 Å². The average Bonchev–Trinajstić information content (AvgIpc) is 2.60. The quantitative estimate of drug-likeness (QED) is 0.535. The first-order chi connectivity index (χ1) is 12.8. The van der Waals surface area contributed by atoms with E-state index in [9.17, 15) is 34.8 Å². The molecule has 0 N–H and O–H groups in total. The molecule has 1 aromatic heterocycles. The van der Waals surface area contributed by atoms with Crippen molar-refractivity contribution in [2.75, 3.05) is 7.05 Å². The van der Waals surface area contributed by atoms with Gasteiger partial charge in [0.05, 0.1) is 17.0 Å². The second kappa shape index (κ2) is 7.40. The normalized spacial score (nSPS) is 14.0. The van der Waals surface area contributed by atoms with Crippen molar-refractivity contribution in [2.45, 2.75) is 23.3 Å². The number of pyridine rings is 1. The molecule has 0 fully saturated rings. The molecule has 0 unspecified atom stereocenters. The molecule has 28 heavy (non-hydrogen) atoms. The summed E-state index contributed by atoms with van der Waals surface area (Å²) in [5.41, 5.74) is -2.06. The minimum atomic E-state index is -5.12. The molecular formula is C16H11F6N3O2S. The number of hydrogen-bond donors (Lipinski definition) is 0. The summed E-state index contributed by atoms with van der Waals surface area (Å²) in [7, 11) is -4.11. The first-order valence-corrected chi connectivity index (χ1v) is 8.77. The van der Waals surface area contributed by atoms with Gasteiger partial charge >= 0.3 is 12.4 Å². The highest BCUT2D eigenvalue weighted by molar-refractivity contribution is 7.89. The zero-order chi connectivity index (χ0) is 21.3. The molecule has 0 aliphatic heterocycles. The lowest BCUT2D eigenvalue weighted by atomic mass is 10.0. The lowest BCUT2D eigenvalue weighted by molar-refractivity contribution is -0.171. The Morgan fingerprint density at radius 1 is 1.07 bits per heavy atom. The van der Waals surface area contributed by atoms with Gasteiger partial charge in [-0.25, -0.2) is 13.3 Å². The maximum Gasteiger partial charge on any atom is 0.416 e. The fourth-order valence-electron chi connectivity index (χ4n) is 2.37. The molecule has 150 valence electrons. The van der Waals surface area contributed by atoms with E-state index in [1.165, 1.54) is 0 Å². The Morgan fingerprint density at radius 2 is 1.64 bits per heavy atom. The van der Waals surface area contributed by atoms with Gasteiger partial charge < -0.3 is 0 Å². The van der Waals surface area contributed by atoms with Gasteiger partial charge in [0.2, 0.25) is 15.7 Å². The smallest absolute Gasteiger partial charge is 0.275 e. The fourth-order valence-corrected chi connectivity index (χ4v) is 3.69. The Labute approximate surface area is 156 Å². The summed E-state index contributed by atoms with van der Waals surface area (Å²) < 4.78 is 104. The van der Waals surface area contributed by atoms with E-state index in [1.807, 2.05) is 0 Å². The highest BCUT2D eigenvalue weighted by Crippen LogP contribution is 2.40. The molecule has 0 saturated carbocycles. The maximum atomic E-state index is 13.6. The number of rotatable bonds is 4. The second-order valence-corrected chi connectivity index (χ2v) is 7.57. The molecule has 2 aromatic rings. The zero-order valence-electron chi connectivity index (χ0n) is 14.0. The van der Waals surface area contributed by atoms with Crippen molar-refractivity contribution >= 4 is 15.7 Å². The van der Waals surface area contributed by atoms with Crippen molar-refractivity contribution in [3.05, 3.63) is 65.3 Å². The summed E-state index contributed by atoms with van der Waals surface area (Å²) in [6, 6.07) is 0.135. The summed E-state index contributed by atoms with van der Waals surface area (Å²) in [6.07, 6.45) is -8.06. The number of aromatic nitrogens is 1. The number of hydrogen-bond acceptors (Lipinski definition) is 3. The van der Waals surface area contributed by atoms with Gasteiger partial charge in [0.25, 0.3) is 0 Å². The molecule has 0 bridgehead atoms. The molecule has 0 aliphatic carbocycles. The SMILES string of the molecule is [C-]#[N+]c1cncc(S(=O)(=O)N(C)[C@@H](c2ccc(C(F)(F)F)cc2)C(F)(F)F)c1. The number of nitrogens with zero attached hydrogens (tertiary/aromatic N) is 3. The van der Waals surface area contributed by atoms with E-state index >= 15 is 0 Å². The van der Waals surface area contributed by atoms with Gasteiger partial charge in [0.1, 0.15) is 6.04 Å². The Kier molecular flexibility index (Phi) is 5.72. The van der Waals surface area contributed by atoms with Crippen LogP contribution in [0.4, 0.5) is 32.0 Å². The summed E-state index contributed by atoms with van der Waals surface area (Å²) in [4.78, 5) is 5.83. The van der Waals surface area contributed by atoms with E-state index in [1.54, 1.807) is 0 Å². The summed E-state index contributed by atoms with van der Waals surface area (Å²) in [5.74, 6) is 0. The summed E-state index contributed by atoms with van der Waals surface area (Å²) >= 11 is 0. The van der Waals surface area contributed by atoms with Crippen molar-refractivity contribution in [3.63, 3.8) is 0 Å². The molecule has 12 heteroatoms. The summed E-state index contributed by atoms with van der Waals surface area (Å²) in [6.45, 7) is 6.85. The lowest BCUT2D eigenvalue weighted by Crippen LogP contribution is -2.39. The van der Waals surface area contributed by atoms with Crippen LogP contribution in [0.25, 0.3) is 4.85 Å². The van der Waals surface area contributed by atoms with Crippen LogP contribution in [0.5, 0.6) is 0 Å². The zero-order valence-corrected chi connectivity index (χ0v) is 14.8.